The summed E-state index contributed by atoms with van der Waals surface area (Å²) in [5.41, 5.74) is 0.987. The molecular formula is C16H23BrO2. The molecule has 0 aliphatic heterocycles. The molecule has 1 aliphatic carbocycles. The lowest BCUT2D eigenvalue weighted by atomic mass is 9.70. The van der Waals surface area contributed by atoms with Gasteiger partial charge in [0.15, 0.2) is 0 Å². The fourth-order valence-electron chi connectivity index (χ4n) is 2.99. The first-order chi connectivity index (χ1) is 9.07. The lowest BCUT2D eigenvalue weighted by Gasteiger charge is -2.38. The van der Waals surface area contributed by atoms with Gasteiger partial charge in [-0.2, -0.15) is 0 Å². The second kappa shape index (κ2) is 6.27. The molecule has 1 fully saturated rings. The van der Waals surface area contributed by atoms with Gasteiger partial charge in [0.1, 0.15) is 5.75 Å². The second-order valence-electron chi connectivity index (χ2n) is 5.73. The van der Waals surface area contributed by atoms with Crippen molar-refractivity contribution in [2.24, 2.45) is 5.41 Å². The van der Waals surface area contributed by atoms with E-state index < -0.39 is 6.10 Å². The zero-order valence-electron chi connectivity index (χ0n) is 11.8. The molecular weight excluding hydrogens is 304 g/mol. The molecule has 3 heteroatoms. The quantitative estimate of drug-likeness (QED) is 0.856. The monoisotopic (exact) mass is 326 g/mol. The van der Waals surface area contributed by atoms with Crippen LogP contribution in [-0.4, -0.2) is 11.7 Å². The molecule has 1 aromatic carbocycles. The minimum atomic E-state index is -0.405. The number of aliphatic hydroxyl groups is 1. The molecule has 106 valence electrons. The molecule has 2 rings (SSSR count). The molecule has 0 radical (unpaired) electrons. The third kappa shape index (κ3) is 3.32. The Morgan fingerprint density at radius 2 is 2.00 bits per heavy atom. The molecule has 0 bridgehead atoms. The predicted octanol–water partition coefficient (Wildman–Crippen LogP) is 4.85. The molecule has 1 saturated carbocycles. The zero-order valence-corrected chi connectivity index (χ0v) is 13.4. The summed E-state index contributed by atoms with van der Waals surface area (Å²) in [6.07, 6.45) is 5.55. The number of halogens is 1. The highest BCUT2D eigenvalue weighted by atomic mass is 79.9. The second-order valence-corrected chi connectivity index (χ2v) is 6.59. The van der Waals surface area contributed by atoms with E-state index in [-0.39, 0.29) is 5.41 Å². The summed E-state index contributed by atoms with van der Waals surface area (Å²) in [6, 6.07) is 5.88. The summed E-state index contributed by atoms with van der Waals surface area (Å²) in [7, 11) is 0. The van der Waals surface area contributed by atoms with Gasteiger partial charge in [-0.25, -0.2) is 0 Å². The van der Waals surface area contributed by atoms with Crippen LogP contribution < -0.4 is 4.74 Å². The van der Waals surface area contributed by atoms with Crippen LogP contribution in [0.15, 0.2) is 22.7 Å². The van der Waals surface area contributed by atoms with Gasteiger partial charge in [-0.15, -0.1) is 0 Å². The number of aliphatic hydroxyl groups excluding tert-OH is 1. The van der Waals surface area contributed by atoms with Gasteiger partial charge in [-0.05, 0) is 42.9 Å². The summed E-state index contributed by atoms with van der Waals surface area (Å²) >= 11 is 3.57. The molecule has 0 amide bonds. The lowest BCUT2D eigenvalue weighted by molar-refractivity contribution is 0.00767. The lowest BCUT2D eigenvalue weighted by Crippen LogP contribution is -2.28. The number of hydrogen-bond donors (Lipinski definition) is 1. The Balaban J connectivity index is 2.20. The summed E-state index contributed by atoms with van der Waals surface area (Å²) in [6.45, 7) is 4.84. The Hall–Kier alpha value is -0.540. The van der Waals surface area contributed by atoms with Crippen molar-refractivity contribution in [2.75, 3.05) is 6.61 Å². The molecule has 1 N–H and O–H groups in total. The zero-order chi connectivity index (χ0) is 13.9. The molecule has 2 nitrogen and oxygen atoms in total. The Kier molecular flexibility index (Phi) is 4.91. The van der Waals surface area contributed by atoms with E-state index in [0.29, 0.717) is 6.61 Å². The number of ether oxygens (including phenoxy) is 1. The van der Waals surface area contributed by atoms with Gasteiger partial charge in [0.25, 0.3) is 0 Å². The van der Waals surface area contributed by atoms with Gasteiger partial charge >= 0.3 is 0 Å². The van der Waals surface area contributed by atoms with Crippen molar-refractivity contribution in [3.8, 4) is 5.75 Å². The smallest absolute Gasteiger partial charge is 0.120 e. The molecule has 1 unspecified atom stereocenters. The van der Waals surface area contributed by atoms with E-state index in [1.165, 1.54) is 19.3 Å². The molecule has 0 saturated heterocycles. The molecule has 0 spiro atoms. The summed E-state index contributed by atoms with van der Waals surface area (Å²) in [5.74, 6) is 0.846. The van der Waals surface area contributed by atoms with Crippen molar-refractivity contribution in [2.45, 2.75) is 52.1 Å². The van der Waals surface area contributed by atoms with Crippen LogP contribution in [0.3, 0.4) is 0 Å². The highest BCUT2D eigenvalue weighted by Gasteiger charge is 2.36. The van der Waals surface area contributed by atoms with Crippen LogP contribution in [0.2, 0.25) is 0 Å². The fourth-order valence-corrected chi connectivity index (χ4v) is 3.57. The van der Waals surface area contributed by atoms with Crippen molar-refractivity contribution in [3.05, 3.63) is 28.2 Å². The van der Waals surface area contributed by atoms with E-state index in [9.17, 15) is 5.11 Å². The Morgan fingerprint density at radius 3 is 2.58 bits per heavy atom. The first kappa shape index (κ1) is 14.9. The van der Waals surface area contributed by atoms with Gasteiger partial charge in [0.05, 0.1) is 12.7 Å². The maximum atomic E-state index is 10.7. The number of hydrogen-bond acceptors (Lipinski definition) is 2. The topological polar surface area (TPSA) is 29.5 Å². The highest BCUT2D eigenvalue weighted by Crippen LogP contribution is 2.47. The molecule has 1 aromatic rings. The summed E-state index contributed by atoms with van der Waals surface area (Å²) in [5, 5.41) is 10.7. The van der Waals surface area contributed by atoms with E-state index in [4.69, 9.17) is 4.74 Å². The van der Waals surface area contributed by atoms with Crippen molar-refractivity contribution < 1.29 is 9.84 Å². The molecule has 0 heterocycles. The largest absolute Gasteiger partial charge is 0.494 e. The van der Waals surface area contributed by atoms with Crippen LogP contribution in [0, 0.1) is 5.41 Å². The fraction of sp³-hybridized carbons (Fsp3) is 0.625. The van der Waals surface area contributed by atoms with Crippen LogP contribution in [0.4, 0.5) is 0 Å². The third-order valence-corrected chi connectivity index (χ3v) is 4.92. The van der Waals surface area contributed by atoms with Crippen molar-refractivity contribution in [1.82, 2.24) is 0 Å². The molecule has 1 aliphatic rings. The van der Waals surface area contributed by atoms with E-state index in [1.54, 1.807) is 0 Å². The van der Waals surface area contributed by atoms with Crippen molar-refractivity contribution >= 4 is 15.9 Å². The minimum absolute atomic E-state index is 0.00784. The van der Waals surface area contributed by atoms with E-state index >= 15 is 0 Å². The Labute approximate surface area is 124 Å². The average Bonchev–Trinajstić information content (AvgIpc) is 2.39. The van der Waals surface area contributed by atoms with Gasteiger partial charge in [0.2, 0.25) is 0 Å². The van der Waals surface area contributed by atoms with Gasteiger partial charge < -0.3 is 9.84 Å². The van der Waals surface area contributed by atoms with Gasteiger partial charge in [0, 0.05) is 4.47 Å². The van der Waals surface area contributed by atoms with E-state index in [0.717, 1.165) is 28.6 Å². The standard InChI is InChI=1S/C16H23BrO2/c1-3-19-12-7-8-13(14(17)11-12)15(18)16(2)9-5-4-6-10-16/h7-8,11,15,18H,3-6,9-10H2,1-2H3. The highest BCUT2D eigenvalue weighted by molar-refractivity contribution is 9.10. The van der Waals surface area contributed by atoms with Crippen LogP contribution in [-0.2, 0) is 0 Å². The SMILES string of the molecule is CCOc1ccc(C(O)C2(C)CCCCC2)c(Br)c1. The summed E-state index contributed by atoms with van der Waals surface area (Å²) in [4.78, 5) is 0. The van der Waals surface area contributed by atoms with Crippen LogP contribution >= 0.6 is 15.9 Å². The molecule has 0 aromatic heterocycles. The summed E-state index contributed by atoms with van der Waals surface area (Å²) < 4.78 is 6.42. The van der Waals surface area contributed by atoms with Crippen molar-refractivity contribution in [1.29, 1.82) is 0 Å². The van der Waals surface area contributed by atoms with E-state index in [1.807, 2.05) is 25.1 Å². The molecule has 1 atom stereocenters. The number of benzene rings is 1. The molecule has 19 heavy (non-hydrogen) atoms. The first-order valence-electron chi connectivity index (χ1n) is 7.17. The Bertz CT molecular complexity index is 425. The van der Waals surface area contributed by atoms with Crippen LogP contribution in [0.25, 0.3) is 0 Å². The van der Waals surface area contributed by atoms with Gasteiger partial charge in [-0.3, -0.25) is 0 Å². The third-order valence-electron chi connectivity index (χ3n) is 4.23. The predicted molar refractivity (Wildman–Crippen MR) is 81.5 cm³/mol. The average molecular weight is 327 g/mol. The minimum Gasteiger partial charge on any atom is -0.494 e. The van der Waals surface area contributed by atoms with Crippen LogP contribution in [0.5, 0.6) is 5.75 Å². The normalized spacial score (nSPS) is 20.0. The maximum absolute atomic E-state index is 10.7. The first-order valence-corrected chi connectivity index (χ1v) is 7.96. The van der Waals surface area contributed by atoms with Crippen molar-refractivity contribution in [3.63, 3.8) is 0 Å². The van der Waals surface area contributed by atoms with E-state index in [2.05, 4.69) is 22.9 Å². The van der Waals surface area contributed by atoms with Crippen LogP contribution in [0.1, 0.15) is 57.6 Å². The Morgan fingerprint density at radius 1 is 1.32 bits per heavy atom. The maximum Gasteiger partial charge on any atom is 0.120 e. The van der Waals surface area contributed by atoms with Gasteiger partial charge in [-0.1, -0.05) is 48.2 Å². The number of rotatable bonds is 4.